The van der Waals surface area contributed by atoms with Crippen LogP contribution in [0, 0.1) is 12.8 Å². The molecule has 3 heterocycles. The van der Waals surface area contributed by atoms with Gasteiger partial charge in [-0.2, -0.15) is 0 Å². The van der Waals surface area contributed by atoms with Crippen molar-refractivity contribution >= 4 is 27.5 Å². The Labute approximate surface area is 146 Å². The largest absolute Gasteiger partial charge is 0.337 e. The van der Waals surface area contributed by atoms with Crippen LogP contribution in [0.2, 0.25) is 0 Å². The number of imidazole rings is 1. The van der Waals surface area contributed by atoms with Crippen molar-refractivity contribution in [3.8, 4) is 0 Å². The number of nitrogens with zero attached hydrogens (tertiary/aromatic N) is 3. The van der Waals surface area contributed by atoms with Gasteiger partial charge < -0.3 is 4.90 Å². The summed E-state index contributed by atoms with van der Waals surface area (Å²) in [6.45, 7) is 8.10. The van der Waals surface area contributed by atoms with Crippen LogP contribution in [0.15, 0.2) is 16.7 Å². The van der Waals surface area contributed by atoms with Crippen LogP contribution in [0.4, 0.5) is 0 Å². The average molecular weight is 378 g/mol. The number of rotatable bonds is 3. The fourth-order valence-corrected chi connectivity index (χ4v) is 4.02. The molecule has 1 fully saturated rings. The molecular weight excluding hydrogens is 354 g/mol. The Morgan fingerprint density at radius 3 is 2.96 bits per heavy atom. The number of hydrogen-bond donors (Lipinski definition) is 0. The number of carbonyl (C=O) groups excluding carboxylic acids is 1. The second-order valence-corrected chi connectivity index (χ2v) is 7.61. The third-order valence-corrected chi connectivity index (χ3v) is 5.01. The van der Waals surface area contributed by atoms with E-state index in [1.54, 1.807) is 0 Å². The number of fused-ring (bicyclic) bond motifs is 1. The fraction of sp³-hybridized carbons (Fsp3) is 0.556. The summed E-state index contributed by atoms with van der Waals surface area (Å²) in [5.41, 5.74) is 3.66. The van der Waals surface area contributed by atoms with Crippen LogP contribution in [-0.2, 0) is 6.42 Å². The molecule has 5 heteroatoms. The number of pyridine rings is 1. The van der Waals surface area contributed by atoms with Gasteiger partial charge in [-0.3, -0.25) is 9.20 Å². The summed E-state index contributed by atoms with van der Waals surface area (Å²) >= 11 is 3.55. The molecule has 0 radical (unpaired) electrons. The minimum absolute atomic E-state index is 0.130. The normalized spacial score (nSPS) is 18.6. The minimum atomic E-state index is 0.130. The molecule has 23 heavy (non-hydrogen) atoms. The third kappa shape index (κ3) is 3.16. The van der Waals surface area contributed by atoms with Gasteiger partial charge in [0, 0.05) is 23.8 Å². The Morgan fingerprint density at radius 2 is 2.26 bits per heavy atom. The van der Waals surface area contributed by atoms with E-state index >= 15 is 0 Å². The van der Waals surface area contributed by atoms with Crippen LogP contribution in [0.5, 0.6) is 0 Å². The average Bonchev–Trinajstić information content (AvgIpc) is 2.85. The summed E-state index contributed by atoms with van der Waals surface area (Å²) < 4.78 is 2.95. The summed E-state index contributed by atoms with van der Waals surface area (Å²) in [5, 5.41) is 0. The molecule has 0 saturated carbocycles. The van der Waals surface area contributed by atoms with Crippen LogP contribution < -0.4 is 0 Å². The molecular formula is C18H24BrN3O. The summed E-state index contributed by atoms with van der Waals surface area (Å²) in [4.78, 5) is 20.0. The van der Waals surface area contributed by atoms with Crippen molar-refractivity contribution in [3.63, 3.8) is 0 Å². The zero-order valence-electron chi connectivity index (χ0n) is 14.1. The molecule has 2 aromatic heterocycles. The molecule has 1 amide bonds. The SMILES string of the molecule is CCCc1nc2c(C)cc(Br)cn2c1C(=O)N1CCCC(C)C1. The second-order valence-electron chi connectivity index (χ2n) is 6.69. The number of carbonyl (C=O) groups is 1. The van der Waals surface area contributed by atoms with E-state index in [0.717, 1.165) is 59.4 Å². The van der Waals surface area contributed by atoms with E-state index in [9.17, 15) is 4.79 Å². The zero-order valence-corrected chi connectivity index (χ0v) is 15.7. The molecule has 1 unspecified atom stereocenters. The molecule has 0 aromatic carbocycles. The molecule has 1 atom stereocenters. The lowest BCUT2D eigenvalue weighted by atomic mass is 10.00. The van der Waals surface area contributed by atoms with Crippen molar-refractivity contribution < 1.29 is 4.79 Å². The second kappa shape index (κ2) is 6.63. The van der Waals surface area contributed by atoms with Crippen molar-refractivity contribution in [3.05, 3.63) is 33.7 Å². The standard InChI is InChI=1S/C18H24BrN3O/c1-4-6-15-16(18(23)21-8-5-7-12(2)10-21)22-11-14(19)9-13(3)17(22)20-15/h9,11-12H,4-8,10H2,1-3H3. The number of hydrogen-bond acceptors (Lipinski definition) is 2. The fourth-order valence-electron chi connectivity index (χ4n) is 3.48. The first-order valence-corrected chi connectivity index (χ1v) is 9.27. The molecule has 1 aliphatic heterocycles. The van der Waals surface area contributed by atoms with Gasteiger partial charge in [0.05, 0.1) is 5.69 Å². The quantitative estimate of drug-likeness (QED) is 0.802. The Hall–Kier alpha value is -1.36. The van der Waals surface area contributed by atoms with Crippen molar-refractivity contribution in [1.29, 1.82) is 0 Å². The number of aryl methyl sites for hydroxylation is 2. The summed E-state index contributed by atoms with van der Waals surface area (Å²) in [5.74, 6) is 0.708. The first-order chi connectivity index (χ1) is 11.0. The van der Waals surface area contributed by atoms with E-state index < -0.39 is 0 Å². The molecule has 4 nitrogen and oxygen atoms in total. The highest BCUT2D eigenvalue weighted by Gasteiger charge is 2.27. The monoisotopic (exact) mass is 377 g/mol. The minimum Gasteiger partial charge on any atom is -0.337 e. The zero-order chi connectivity index (χ0) is 16.6. The maximum absolute atomic E-state index is 13.2. The predicted octanol–water partition coefficient (Wildman–Crippen LogP) is 4.23. The van der Waals surface area contributed by atoms with E-state index in [0.29, 0.717) is 5.92 Å². The van der Waals surface area contributed by atoms with Crippen molar-refractivity contribution in [2.24, 2.45) is 5.92 Å². The van der Waals surface area contributed by atoms with Gasteiger partial charge in [0.2, 0.25) is 0 Å². The Balaban J connectivity index is 2.10. The number of halogens is 1. The molecule has 1 aliphatic rings. The Bertz CT molecular complexity index is 737. The molecule has 2 aromatic rings. The maximum atomic E-state index is 13.2. The van der Waals surface area contributed by atoms with Crippen LogP contribution in [0.1, 0.15) is 54.9 Å². The van der Waals surface area contributed by atoms with Crippen molar-refractivity contribution in [2.45, 2.75) is 46.5 Å². The number of amides is 1. The Morgan fingerprint density at radius 1 is 1.48 bits per heavy atom. The molecule has 0 aliphatic carbocycles. The molecule has 1 saturated heterocycles. The van der Waals surface area contributed by atoms with Crippen LogP contribution in [0.3, 0.4) is 0 Å². The highest BCUT2D eigenvalue weighted by molar-refractivity contribution is 9.10. The van der Waals surface area contributed by atoms with Crippen LogP contribution in [-0.4, -0.2) is 33.3 Å². The topological polar surface area (TPSA) is 37.6 Å². The van der Waals surface area contributed by atoms with Gasteiger partial charge in [-0.05, 0) is 59.7 Å². The molecule has 124 valence electrons. The summed E-state index contributed by atoms with van der Waals surface area (Å²) in [6.07, 6.45) is 6.10. The summed E-state index contributed by atoms with van der Waals surface area (Å²) in [6, 6.07) is 2.05. The van der Waals surface area contributed by atoms with E-state index in [2.05, 4.69) is 35.8 Å². The van der Waals surface area contributed by atoms with E-state index in [1.165, 1.54) is 6.42 Å². The first-order valence-electron chi connectivity index (χ1n) is 8.47. The van der Waals surface area contributed by atoms with Crippen LogP contribution in [0.25, 0.3) is 5.65 Å². The molecule has 0 bridgehead atoms. The number of aromatic nitrogens is 2. The maximum Gasteiger partial charge on any atom is 0.272 e. The number of piperidine rings is 1. The lowest BCUT2D eigenvalue weighted by Gasteiger charge is -2.31. The summed E-state index contributed by atoms with van der Waals surface area (Å²) in [7, 11) is 0. The van der Waals surface area contributed by atoms with Gasteiger partial charge in [-0.25, -0.2) is 4.98 Å². The highest BCUT2D eigenvalue weighted by atomic mass is 79.9. The lowest BCUT2D eigenvalue weighted by molar-refractivity contribution is 0.0674. The van der Waals surface area contributed by atoms with Crippen molar-refractivity contribution in [2.75, 3.05) is 13.1 Å². The third-order valence-electron chi connectivity index (χ3n) is 4.58. The van der Waals surface area contributed by atoms with Gasteiger partial charge in [0.15, 0.2) is 0 Å². The van der Waals surface area contributed by atoms with Gasteiger partial charge in [0.25, 0.3) is 5.91 Å². The van der Waals surface area contributed by atoms with Crippen molar-refractivity contribution in [1.82, 2.24) is 14.3 Å². The van der Waals surface area contributed by atoms with E-state index in [-0.39, 0.29) is 5.91 Å². The molecule has 3 rings (SSSR count). The smallest absolute Gasteiger partial charge is 0.272 e. The van der Waals surface area contributed by atoms with Gasteiger partial charge in [-0.1, -0.05) is 20.3 Å². The first kappa shape index (κ1) is 16.5. The van der Waals surface area contributed by atoms with Gasteiger partial charge in [-0.15, -0.1) is 0 Å². The van der Waals surface area contributed by atoms with Crippen LogP contribution >= 0.6 is 15.9 Å². The van der Waals surface area contributed by atoms with Gasteiger partial charge in [0.1, 0.15) is 11.3 Å². The highest BCUT2D eigenvalue weighted by Crippen LogP contribution is 2.24. The van der Waals surface area contributed by atoms with Gasteiger partial charge >= 0.3 is 0 Å². The molecule has 0 N–H and O–H groups in total. The Kier molecular flexibility index (Phi) is 4.76. The molecule has 0 spiro atoms. The van der Waals surface area contributed by atoms with E-state index in [4.69, 9.17) is 4.98 Å². The number of likely N-dealkylation sites (tertiary alicyclic amines) is 1. The predicted molar refractivity (Wildman–Crippen MR) is 95.9 cm³/mol. The van der Waals surface area contributed by atoms with E-state index in [1.807, 2.05) is 22.4 Å². The lowest BCUT2D eigenvalue weighted by Crippen LogP contribution is -2.40.